The van der Waals surface area contributed by atoms with E-state index in [4.69, 9.17) is 0 Å². The summed E-state index contributed by atoms with van der Waals surface area (Å²) in [4.78, 5) is 11.4. The molecule has 0 heterocycles. The fourth-order valence-electron chi connectivity index (χ4n) is 1.74. The van der Waals surface area contributed by atoms with Crippen molar-refractivity contribution in [1.29, 1.82) is 0 Å². The molecule has 2 aromatic rings. The Labute approximate surface area is 122 Å². The zero-order valence-electron chi connectivity index (χ0n) is 10.9. The lowest BCUT2D eigenvalue weighted by Gasteiger charge is -2.12. The topological polar surface area (TPSA) is 60.4 Å². The predicted octanol–water partition coefficient (Wildman–Crippen LogP) is 3.41. The van der Waals surface area contributed by atoms with Crippen molar-refractivity contribution in [2.45, 2.75) is 12.4 Å². The van der Waals surface area contributed by atoms with Crippen LogP contribution in [0.15, 0.2) is 30.3 Å². The van der Waals surface area contributed by atoms with Gasteiger partial charge >= 0.3 is 15.6 Å². The van der Waals surface area contributed by atoms with E-state index in [1.165, 1.54) is 6.07 Å². The molecule has 0 aliphatic carbocycles. The zero-order chi connectivity index (χ0) is 16.7. The average Bonchev–Trinajstić information content (AvgIpc) is 2.35. The van der Waals surface area contributed by atoms with Gasteiger partial charge in [-0.2, -0.15) is 21.6 Å². The van der Waals surface area contributed by atoms with E-state index < -0.39 is 33.0 Å². The monoisotopic (exact) mass is 336 g/mol. The number of hydrogen-bond donors (Lipinski definition) is 0. The van der Waals surface area contributed by atoms with Gasteiger partial charge in [0.15, 0.2) is 11.5 Å². The Hall–Kier alpha value is -2.16. The third kappa shape index (κ3) is 3.03. The van der Waals surface area contributed by atoms with Gasteiger partial charge in [-0.15, -0.1) is 0 Å². The molecule has 0 N–H and O–H groups in total. The number of fused-ring (bicyclic) bond motifs is 1. The Morgan fingerprint density at radius 2 is 1.77 bits per heavy atom. The van der Waals surface area contributed by atoms with Crippen LogP contribution < -0.4 is 4.18 Å². The van der Waals surface area contributed by atoms with Crippen molar-refractivity contribution in [1.82, 2.24) is 0 Å². The summed E-state index contributed by atoms with van der Waals surface area (Å²) in [5, 5.41) is -0.0284. The van der Waals surface area contributed by atoms with E-state index in [0.717, 1.165) is 31.2 Å². The van der Waals surface area contributed by atoms with Crippen LogP contribution >= 0.6 is 0 Å². The summed E-state index contributed by atoms with van der Waals surface area (Å²) >= 11 is 0. The minimum atomic E-state index is -5.90. The Morgan fingerprint density at radius 3 is 2.32 bits per heavy atom. The summed E-state index contributed by atoms with van der Waals surface area (Å²) < 4.78 is 76.7. The van der Waals surface area contributed by atoms with Crippen LogP contribution in [0, 0.1) is 5.82 Å². The number of benzene rings is 2. The number of carbonyl (C=O) groups is 1. The Balaban J connectivity index is 2.69. The molecule has 118 valence electrons. The second-order valence-electron chi connectivity index (χ2n) is 4.38. The van der Waals surface area contributed by atoms with E-state index in [-0.39, 0.29) is 16.3 Å². The van der Waals surface area contributed by atoms with Gasteiger partial charge < -0.3 is 4.18 Å². The number of Topliss-reactive ketones (excluding diaryl/α,β-unsaturated/α-hetero) is 1. The van der Waals surface area contributed by atoms with Gasteiger partial charge in [-0.3, -0.25) is 4.79 Å². The highest BCUT2D eigenvalue weighted by Gasteiger charge is 2.48. The lowest BCUT2D eigenvalue weighted by molar-refractivity contribution is -0.0499. The Bertz CT molecular complexity index is 856. The minimum absolute atomic E-state index is 0.0417. The van der Waals surface area contributed by atoms with Crippen LogP contribution in [0.2, 0.25) is 0 Å². The van der Waals surface area contributed by atoms with E-state index >= 15 is 0 Å². The van der Waals surface area contributed by atoms with Gasteiger partial charge in [0, 0.05) is 10.9 Å². The highest BCUT2D eigenvalue weighted by molar-refractivity contribution is 7.88. The number of alkyl halides is 3. The molecule has 0 amide bonds. The van der Waals surface area contributed by atoms with Crippen molar-refractivity contribution in [3.05, 3.63) is 41.7 Å². The van der Waals surface area contributed by atoms with Crippen LogP contribution in [0.4, 0.5) is 17.6 Å². The van der Waals surface area contributed by atoms with Gasteiger partial charge in [-0.25, -0.2) is 4.39 Å². The first-order valence-electron chi connectivity index (χ1n) is 5.76. The molecule has 2 aromatic carbocycles. The second kappa shape index (κ2) is 5.24. The molecular weight excluding hydrogens is 328 g/mol. The molecule has 0 fully saturated rings. The molecule has 0 radical (unpaired) electrons. The van der Waals surface area contributed by atoms with Gasteiger partial charge in [0.25, 0.3) is 0 Å². The highest BCUT2D eigenvalue weighted by Crippen LogP contribution is 2.33. The van der Waals surface area contributed by atoms with Crippen LogP contribution in [-0.2, 0) is 10.1 Å². The second-order valence-corrected chi connectivity index (χ2v) is 5.92. The molecule has 0 aromatic heterocycles. The summed E-state index contributed by atoms with van der Waals surface area (Å²) in [6, 6.07) is 5.05. The highest BCUT2D eigenvalue weighted by atomic mass is 32.2. The largest absolute Gasteiger partial charge is 0.534 e. The van der Waals surface area contributed by atoms with Crippen molar-refractivity contribution in [3.8, 4) is 5.75 Å². The normalized spacial score (nSPS) is 12.4. The molecule has 22 heavy (non-hydrogen) atoms. The van der Waals surface area contributed by atoms with Crippen LogP contribution in [0.5, 0.6) is 5.75 Å². The maximum Gasteiger partial charge on any atom is 0.534 e. The summed E-state index contributed by atoms with van der Waals surface area (Å²) in [6.45, 7) is 1.13. The van der Waals surface area contributed by atoms with Crippen molar-refractivity contribution in [2.75, 3.05) is 0 Å². The predicted molar refractivity (Wildman–Crippen MR) is 69.5 cm³/mol. The van der Waals surface area contributed by atoms with E-state index in [1.54, 1.807) is 0 Å². The molecule has 2 rings (SSSR count). The number of carbonyl (C=O) groups excluding carboxylic acids is 1. The third-order valence-corrected chi connectivity index (χ3v) is 3.73. The molecule has 0 atom stereocenters. The van der Waals surface area contributed by atoms with Crippen LogP contribution in [0.25, 0.3) is 10.8 Å². The van der Waals surface area contributed by atoms with E-state index in [9.17, 15) is 30.8 Å². The van der Waals surface area contributed by atoms with Crippen LogP contribution in [0.3, 0.4) is 0 Å². The van der Waals surface area contributed by atoms with Crippen molar-refractivity contribution in [3.63, 3.8) is 0 Å². The molecule has 9 heteroatoms. The number of ketones is 1. The zero-order valence-corrected chi connectivity index (χ0v) is 11.8. The third-order valence-electron chi connectivity index (χ3n) is 2.77. The lowest BCUT2D eigenvalue weighted by atomic mass is 10.0. The van der Waals surface area contributed by atoms with Gasteiger partial charge in [-0.1, -0.05) is 0 Å². The summed E-state index contributed by atoms with van der Waals surface area (Å²) in [5.74, 6) is -1.93. The van der Waals surface area contributed by atoms with E-state index in [0.29, 0.717) is 0 Å². The van der Waals surface area contributed by atoms with Crippen molar-refractivity contribution >= 4 is 26.7 Å². The smallest absolute Gasteiger partial charge is 0.375 e. The molecule has 0 spiro atoms. The molecular formula is C13H8F4O4S. The number of halogens is 4. The first kappa shape index (κ1) is 16.2. The Morgan fingerprint density at radius 1 is 1.14 bits per heavy atom. The number of rotatable bonds is 3. The fraction of sp³-hybridized carbons (Fsp3) is 0.154. The number of hydrogen-bond acceptors (Lipinski definition) is 4. The summed E-state index contributed by atoms with van der Waals surface area (Å²) in [7, 11) is -5.90. The van der Waals surface area contributed by atoms with Gasteiger partial charge in [0.1, 0.15) is 5.82 Å². The Kier molecular flexibility index (Phi) is 3.86. The van der Waals surface area contributed by atoms with E-state index in [2.05, 4.69) is 4.18 Å². The SMILES string of the molecule is CC(=O)c1cc(OS(=O)(=O)C(F)(F)F)c2ccc(F)cc2c1. The minimum Gasteiger partial charge on any atom is -0.375 e. The summed E-state index contributed by atoms with van der Waals surface area (Å²) in [5.41, 5.74) is -5.73. The first-order chi connectivity index (χ1) is 10.0. The van der Waals surface area contributed by atoms with Gasteiger partial charge in [-0.05, 0) is 42.6 Å². The lowest BCUT2D eigenvalue weighted by Crippen LogP contribution is -2.28. The average molecular weight is 336 g/mol. The van der Waals surface area contributed by atoms with Crippen molar-refractivity contribution < 1.29 is 35.0 Å². The molecule has 0 unspecified atom stereocenters. The molecule has 4 nitrogen and oxygen atoms in total. The quantitative estimate of drug-likeness (QED) is 0.373. The first-order valence-corrected chi connectivity index (χ1v) is 7.17. The molecule has 0 saturated carbocycles. The van der Waals surface area contributed by atoms with Crippen LogP contribution in [0.1, 0.15) is 17.3 Å². The van der Waals surface area contributed by atoms with Gasteiger partial charge in [0.2, 0.25) is 0 Å². The van der Waals surface area contributed by atoms with Crippen molar-refractivity contribution in [2.24, 2.45) is 0 Å². The maximum atomic E-state index is 13.2. The summed E-state index contributed by atoms with van der Waals surface area (Å²) in [6.07, 6.45) is 0. The molecule has 0 bridgehead atoms. The van der Waals surface area contributed by atoms with E-state index in [1.807, 2.05) is 0 Å². The van der Waals surface area contributed by atoms with Crippen LogP contribution in [-0.4, -0.2) is 19.7 Å². The standard InChI is InChI=1S/C13H8F4O4S/c1-7(18)8-4-9-5-10(14)2-3-11(9)12(6-8)21-22(19,20)13(15,16)17/h2-6H,1H3. The van der Waals surface area contributed by atoms with Gasteiger partial charge in [0.05, 0.1) is 0 Å². The molecule has 0 aliphatic heterocycles. The molecule has 0 aliphatic rings. The maximum absolute atomic E-state index is 13.2. The molecule has 0 saturated heterocycles. The fourth-order valence-corrected chi connectivity index (χ4v) is 2.21.